The van der Waals surface area contributed by atoms with Crippen LogP contribution in [-0.2, 0) is 16.0 Å². The van der Waals surface area contributed by atoms with Gasteiger partial charge in [0.05, 0.1) is 12.8 Å². The number of hydrogen-bond acceptors (Lipinski definition) is 4. The topological polar surface area (TPSA) is 75.7 Å². The van der Waals surface area contributed by atoms with Gasteiger partial charge in [-0.1, -0.05) is 54.1 Å². The Labute approximate surface area is 190 Å². The minimum absolute atomic E-state index is 0.126. The Bertz CT molecular complexity index is 1220. The minimum atomic E-state index is -0.794. The molecule has 4 amide bonds. The molecule has 0 aliphatic carbocycles. The highest BCUT2D eigenvalue weighted by Gasteiger charge is 2.36. The van der Waals surface area contributed by atoms with Crippen LogP contribution in [0.15, 0.2) is 78.4 Å². The quantitative estimate of drug-likeness (QED) is 0.459. The first-order chi connectivity index (χ1) is 15.5. The van der Waals surface area contributed by atoms with Gasteiger partial charge in [0.25, 0.3) is 11.8 Å². The molecule has 1 N–H and O–H groups in total. The maximum atomic E-state index is 13.0. The van der Waals surface area contributed by atoms with Gasteiger partial charge in [-0.2, -0.15) is 0 Å². The molecule has 6 nitrogen and oxygen atoms in total. The fraction of sp³-hybridized carbons (Fsp3) is 0.0800. The van der Waals surface area contributed by atoms with Crippen LogP contribution in [0.2, 0.25) is 5.02 Å². The minimum Gasteiger partial charge on any atom is -0.497 e. The Morgan fingerprint density at radius 2 is 1.62 bits per heavy atom. The Balaban J connectivity index is 1.57. The Morgan fingerprint density at radius 1 is 0.938 bits per heavy atom. The molecule has 0 saturated carbocycles. The second kappa shape index (κ2) is 9.08. The first kappa shape index (κ1) is 21.3. The third-order valence-electron chi connectivity index (χ3n) is 5.08. The Morgan fingerprint density at radius 3 is 2.28 bits per heavy atom. The van der Waals surface area contributed by atoms with E-state index in [2.05, 4.69) is 5.32 Å². The van der Waals surface area contributed by atoms with E-state index in [0.29, 0.717) is 28.4 Å². The zero-order valence-corrected chi connectivity index (χ0v) is 17.9. The molecule has 1 heterocycles. The zero-order chi connectivity index (χ0) is 22.7. The molecule has 0 radical (unpaired) electrons. The van der Waals surface area contributed by atoms with E-state index in [1.807, 2.05) is 48.5 Å². The van der Waals surface area contributed by atoms with Crippen LogP contribution in [0.3, 0.4) is 0 Å². The van der Waals surface area contributed by atoms with E-state index in [1.54, 1.807) is 24.3 Å². The Kier molecular flexibility index (Phi) is 6.05. The molecule has 7 heteroatoms. The third-order valence-corrected chi connectivity index (χ3v) is 5.44. The molecule has 1 aliphatic rings. The van der Waals surface area contributed by atoms with Crippen molar-refractivity contribution in [3.8, 4) is 5.75 Å². The lowest BCUT2D eigenvalue weighted by molar-refractivity contribution is -0.122. The predicted molar refractivity (Wildman–Crippen MR) is 123 cm³/mol. The highest BCUT2D eigenvalue weighted by atomic mass is 35.5. The Hall–Kier alpha value is -3.90. The second-order valence-corrected chi connectivity index (χ2v) is 7.57. The number of carbonyl (C=O) groups excluding carboxylic acids is 3. The summed E-state index contributed by atoms with van der Waals surface area (Å²) < 4.78 is 5.10. The molecule has 160 valence electrons. The molecule has 0 bridgehead atoms. The van der Waals surface area contributed by atoms with E-state index in [4.69, 9.17) is 16.3 Å². The largest absolute Gasteiger partial charge is 0.497 e. The van der Waals surface area contributed by atoms with Gasteiger partial charge in [-0.15, -0.1) is 0 Å². The third kappa shape index (κ3) is 4.40. The smallest absolute Gasteiger partial charge is 0.335 e. The van der Waals surface area contributed by atoms with Gasteiger partial charge in [0.2, 0.25) is 0 Å². The van der Waals surface area contributed by atoms with Gasteiger partial charge in [0.15, 0.2) is 0 Å². The van der Waals surface area contributed by atoms with Crippen LogP contribution in [0.25, 0.3) is 6.08 Å². The van der Waals surface area contributed by atoms with Crippen LogP contribution in [-0.4, -0.2) is 25.0 Å². The van der Waals surface area contributed by atoms with Crippen molar-refractivity contribution in [3.63, 3.8) is 0 Å². The molecule has 32 heavy (non-hydrogen) atoms. The van der Waals surface area contributed by atoms with Crippen LogP contribution in [0.1, 0.15) is 16.7 Å². The fourth-order valence-corrected chi connectivity index (χ4v) is 3.59. The average Bonchev–Trinajstić information content (AvgIpc) is 2.79. The molecule has 0 spiro atoms. The van der Waals surface area contributed by atoms with Crippen LogP contribution < -0.4 is 15.0 Å². The molecule has 4 rings (SSSR count). The van der Waals surface area contributed by atoms with Crippen molar-refractivity contribution in [1.29, 1.82) is 0 Å². The second-order valence-electron chi connectivity index (χ2n) is 7.17. The molecule has 1 aliphatic heterocycles. The molecule has 0 aromatic heterocycles. The number of benzene rings is 3. The molecule has 3 aromatic rings. The summed E-state index contributed by atoms with van der Waals surface area (Å²) in [6.45, 7) is 0. The summed E-state index contributed by atoms with van der Waals surface area (Å²) in [5.41, 5.74) is 2.92. The van der Waals surface area contributed by atoms with Gasteiger partial charge in [-0.3, -0.25) is 14.9 Å². The summed E-state index contributed by atoms with van der Waals surface area (Å²) in [4.78, 5) is 38.6. The van der Waals surface area contributed by atoms with E-state index < -0.39 is 17.8 Å². The number of ether oxygens (including phenoxy) is 1. The molecule has 0 atom stereocenters. The summed E-state index contributed by atoms with van der Waals surface area (Å²) in [6.07, 6.45) is 2.13. The van der Waals surface area contributed by atoms with Gasteiger partial charge in [-0.25, -0.2) is 9.69 Å². The monoisotopic (exact) mass is 446 g/mol. The lowest BCUT2D eigenvalue weighted by atomic mass is 10.0. The van der Waals surface area contributed by atoms with Crippen LogP contribution >= 0.6 is 11.6 Å². The van der Waals surface area contributed by atoms with E-state index in [-0.39, 0.29) is 5.57 Å². The molecular weight excluding hydrogens is 428 g/mol. The summed E-state index contributed by atoms with van der Waals surface area (Å²) in [5.74, 6) is -0.837. The fourth-order valence-electron chi connectivity index (χ4n) is 3.38. The number of hydrogen-bond donors (Lipinski definition) is 1. The number of carbonyl (C=O) groups is 3. The predicted octanol–water partition coefficient (Wildman–Crippen LogP) is 4.61. The number of urea groups is 1. The summed E-state index contributed by atoms with van der Waals surface area (Å²) >= 11 is 6.23. The van der Waals surface area contributed by atoms with Crippen molar-refractivity contribution in [2.24, 2.45) is 0 Å². The van der Waals surface area contributed by atoms with E-state index in [1.165, 1.54) is 13.2 Å². The molecule has 1 fully saturated rings. The van der Waals surface area contributed by atoms with Gasteiger partial charge in [0, 0.05) is 5.02 Å². The van der Waals surface area contributed by atoms with Crippen molar-refractivity contribution in [2.45, 2.75) is 6.42 Å². The van der Waals surface area contributed by atoms with Crippen LogP contribution in [0.5, 0.6) is 5.75 Å². The highest BCUT2D eigenvalue weighted by Crippen LogP contribution is 2.25. The van der Waals surface area contributed by atoms with Crippen molar-refractivity contribution in [3.05, 3.63) is 100 Å². The number of amides is 4. The van der Waals surface area contributed by atoms with E-state index in [9.17, 15) is 14.4 Å². The van der Waals surface area contributed by atoms with Gasteiger partial charge < -0.3 is 4.74 Å². The zero-order valence-electron chi connectivity index (χ0n) is 17.2. The van der Waals surface area contributed by atoms with Crippen molar-refractivity contribution in [1.82, 2.24) is 5.32 Å². The summed E-state index contributed by atoms with van der Waals surface area (Å²) in [6, 6.07) is 20.7. The lowest BCUT2D eigenvalue weighted by Crippen LogP contribution is -2.54. The number of nitrogens with one attached hydrogen (secondary N) is 1. The molecular formula is C25H19ClN2O4. The van der Waals surface area contributed by atoms with E-state index in [0.717, 1.165) is 16.0 Å². The first-order valence-electron chi connectivity index (χ1n) is 9.84. The number of nitrogens with zero attached hydrogens (tertiary/aromatic N) is 1. The summed E-state index contributed by atoms with van der Waals surface area (Å²) in [5, 5.41) is 2.92. The normalized spacial score (nSPS) is 15.1. The van der Waals surface area contributed by atoms with Gasteiger partial charge >= 0.3 is 6.03 Å². The van der Waals surface area contributed by atoms with Crippen molar-refractivity contribution < 1.29 is 19.1 Å². The van der Waals surface area contributed by atoms with Gasteiger partial charge in [0.1, 0.15) is 11.3 Å². The number of barbiturate groups is 1. The maximum absolute atomic E-state index is 13.0. The lowest BCUT2D eigenvalue weighted by Gasteiger charge is -2.26. The SMILES string of the molecule is COc1ccc(N2C(=O)NC(=O)/C(=C\c3ccc(Cc4ccccc4Cl)cc3)C2=O)cc1. The first-order valence-corrected chi connectivity index (χ1v) is 10.2. The highest BCUT2D eigenvalue weighted by molar-refractivity contribution is 6.39. The molecule has 0 unspecified atom stereocenters. The maximum Gasteiger partial charge on any atom is 0.335 e. The standard InChI is InChI=1S/C25H19ClN2O4/c1-32-20-12-10-19(11-13-20)28-24(30)21(23(29)27-25(28)31)15-17-8-6-16(7-9-17)14-18-4-2-3-5-22(18)26/h2-13,15H,14H2,1H3,(H,27,29,31)/b21-15+. The number of imide groups is 2. The molecule has 1 saturated heterocycles. The van der Waals surface area contributed by atoms with Crippen LogP contribution in [0, 0.1) is 0 Å². The summed E-state index contributed by atoms with van der Waals surface area (Å²) in [7, 11) is 1.52. The number of anilines is 1. The van der Waals surface area contributed by atoms with Crippen molar-refractivity contribution in [2.75, 3.05) is 12.0 Å². The van der Waals surface area contributed by atoms with Crippen molar-refractivity contribution >= 4 is 41.2 Å². The van der Waals surface area contributed by atoms with Crippen LogP contribution in [0.4, 0.5) is 10.5 Å². The average molecular weight is 447 g/mol. The number of halogens is 1. The van der Waals surface area contributed by atoms with E-state index >= 15 is 0 Å². The van der Waals surface area contributed by atoms with Gasteiger partial charge in [-0.05, 0) is 59.5 Å². The number of methoxy groups -OCH3 is 1. The number of rotatable bonds is 5. The molecule has 3 aromatic carbocycles.